The van der Waals surface area contributed by atoms with Crippen LogP contribution in [0.15, 0.2) is 24.3 Å². The lowest BCUT2D eigenvalue weighted by atomic mass is 10.1. The third-order valence-electron chi connectivity index (χ3n) is 3.61. The van der Waals surface area contributed by atoms with Crippen molar-refractivity contribution in [3.8, 4) is 0 Å². The zero-order chi connectivity index (χ0) is 15.6. The molecule has 1 fully saturated rings. The van der Waals surface area contributed by atoms with Crippen LogP contribution in [0.4, 0.5) is 10.1 Å². The standard InChI is InChI=1S/C15H19FN2O3/c1-10(2)18(12-5-3-11(16)4-6-12)13-7-8-17(15(13)21)9-14(19)20/h3-6,10,13H,7-9H2,1-2H3,(H,19,20). The fourth-order valence-electron chi connectivity index (χ4n) is 2.75. The Morgan fingerprint density at radius 2 is 2.05 bits per heavy atom. The zero-order valence-corrected chi connectivity index (χ0v) is 12.1. The number of carbonyl (C=O) groups is 2. The maximum absolute atomic E-state index is 13.1. The highest BCUT2D eigenvalue weighted by Crippen LogP contribution is 2.26. The van der Waals surface area contributed by atoms with Crippen LogP contribution in [0.2, 0.25) is 0 Å². The van der Waals surface area contributed by atoms with E-state index in [1.807, 2.05) is 18.7 Å². The average molecular weight is 294 g/mol. The molecule has 1 aliphatic rings. The number of amides is 1. The Balaban J connectivity index is 2.22. The molecule has 1 unspecified atom stereocenters. The van der Waals surface area contributed by atoms with Crippen LogP contribution in [-0.4, -0.2) is 47.1 Å². The first-order valence-electron chi connectivity index (χ1n) is 6.94. The molecule has 0 radical (unpaired) electrons. The molecule has 1 atom stereocenters. The summed E-state index contributed by atoms with van der Waals surface area (Å²) in [5, 5.41) is 8.82. The number of carbonyl (C=O) groups excluding carboxylic acids is 1. The van der Waals surface area contributed by atoms with E-state index < -0.39 is 12.0 Å². The van der Waals surface area contributed by atoms with Gasteiger partial charge in [-0.3, -0.25) is 9.59 Å². The minimum atomic E-state index is -1.01. The first-order chi connectivity index (χ1) is 9.90. The summed E-state index contributed by atoms with van der Waals surface area (Å²) < 4.78 is 13.1. The molecule has 1 aromatic carbocycles. The van der Waals surface area contributed by atoms with E-state index in [9.17, 15) is 14.0 Å². The smallest absolute Gasteiger partial charge is 0.323 e. The van der Waals surface area contributed by atoms with Gasteiger partial charge < -0.3 is 14.9 Å². The molecule has 0 aliphatic carbocycles. The Hall–Kier alpha value is -2.11. The number of aliphatic carboxylic acids is 1. The van der Waals surface area contributed by atoms with Crippen LogP contribution in [-0.2, 0) is 9.59 Å². The van der Waals surface area contributed by atoms with Crippen molar-refractivity contribution in [2.75, 3.05) is 18.0 Å². The minimum Gasteiger partial charge on any atom is -0.480 e. The number of nitrogens with zero attached hydrogens (tertiary/aromatic N) is 2. The van der Waals surface area contributed by atoms with Gasteiger partial charge in [-0.05, 0) is 44.5 Å². The molecule has 1 amide bonds. The fourth-order valence-corrected chi connectivity index (χ4v) is 2.75. The molecule has 1 saturated heterocycles. The zero-order valence-electron chi connectivity index (χ0n) is 12.1. The molecule has 1 N–H and O–H groups in total. The lowest BCUT2D eigenvalue weighted by molar-refractivity contribution is -0.143. The Morgan fingerprint density at radius 1 is 1.43 bits per heavy atom. The van der Waals surface area contributed by atoms with E-state index in [1.165, 1.54) is 17.0 Å². The van der Waals surface area contributed by atoms with E-state index in [2.05, 4.69) is 0 Å². The van der Waals surface area contributed by atoms with Gasteiger partial charge in [0.1, 0.15) is 18.4 Å². The number of benzene rings is 1. The van der Waals surface area contributed by atoms with Gasteiger partial charge in [0.25, 0.3) is 0 Å². The van der Waals surface area contributed by atoms with Gasteiger partial charge in [-0.25, -0.2) is 4.39 Å². The van der Waals surface area contributed by atoms with Crippen molar-refractivity contribution < 1.29 is 19.1 Å². The van der Waals surface area contributed by atoms with E-state index in [0.717, 1.165) is 5.69 Å². The topological polar surface area (TPSA) is 60.9 Å². The van der Waals surface area contributed by atoms with Gasteiger partial charge in [0.05, 0.1) is 0 Å². The molecule has 21 heavy (non-hydrogen) atoms. The number of anilines is 1. The summed E-state index contributed by atoms with van der Waals surface area (Å²) in [6.07, 6.45) is 0.571. The summed E-state index contributed by atoms with van der Waals surface area (Å²) in [5.41, 5.74) is 0.766. The van der Waals surface area contributed by atoms with Crippen molar-refractivity contribution in [1.82, 2.24) is 4.90 Å². The first kappa shape index (κ1) is 15.3. The quantitative estimate of drug-likeness (QED) is 0.898. The van der Waals surface area contributed by atoms with Crippen molar-refractivity contribution >= 4 is 17.6 Å². The van der Waals surface area contributed by atoms with Crippen LogP contribution in [0, 0.1) is 5.82 Å². The molecule has 0 saturated carbocycles. The number of carboxylic acids is 1. The monoisotopic (exact) mass is 294 g/mol. The average Bonchev–Trinajstić information content (AvgIpc) is 2.73. The summed E-state index contributed by atoms with van der Waals surface area (Å²) in [4.78, 5) is 26.4. The van der Waals surface area contributed by atoms with E-state index in [1.54, 1.807) is 12.1 Å². The summed E-state index contributed by atoms with van der Waals surface area (Å²) in [5.74, 6) is -1.52. The normalized spacial score (nSPS) is 18.4. The molecule has 5 nitrogen and oxygen atoms in total. The van der Waals surface area contributed by atoms with Crippen LogP contribution < -0.4 is 4.90 Å². The summed E-state index contributed by atoms with van der Waals surface area (Å²) in [6, 6.07) is 5.66. The van der Waals surface area contributed by atoms with Gasteiger partial charge in [-0.15, -0.1) is 0 Å². The number of carboxylic acid groups (broad SMARTS) is 1. The molecule has 1 heterocycles. The molecule has 0 aromatic heterocycles. The Kier molecular flexibility index (Phi) is 4.45. The lowest BCUT2D eigenvalue weighted by Crippen LogP contribution is -2.46. The van der Waals surface area contributed by atoms with Gasteiger partial charge in [0, 0.05) is 18.3 Å². The van der Waals surface area contributed by atoms with Crippen LogP contribution in [0.5, 0.6) is 0 Å². The highest BCUT2D eigenvalue weighted by Gasteiger charge is 2.37. The number of likely N-dealkylation sites (tertiary alicyclic amines) is 1. The Morgan fingerprint density at radius 3 is 2.57 bits per heavy atom. The molecule has 0 spiro atoms. The van der Waals surface area contributed by atoms with Crippen molar-refractivity contribution in [1.29, 1.82) is 0 Å². The summed E-state index contributed by atoms with van der Waals surface area (Å²) >= 11 is 0. The predicted molar refractivity (Wildman–Crippen MR) is 76.6 cm³/mol. The number of hydrogen-bond acceptors (Lipinski definition) is 3. The second-order valence-corrected chi connectivity index (χ2v) is 5.44. The maximum atomic E-state index is 13.1. The highest BCUT2D eigenvalue weighted by molar-refractivity contribution is 5.90. The van der Waals surface area contributed by atoms with Crippen LogP contribution >= 0.6 is 0 Å². The number of hydrogen-bond donors (Lipinski definition) is 1. The van der Waals surface area contributed by atoms with E-state index in [4.69, 9.17) is 5.11 Å². The molecule has 2 rings (SSSR count). The van der Waals surface area contributed by atoms with Crippen LogP contribution in [0.3, 0.4) is 0 Å². The summed E-state index contributed by atoms with van der Waals surface area (Å²) in [6.45, 7) is 4.07. The maximum Gasteiger partial charge on any atom is 0.323 e. The first-order valence-corrected chi connectivity index (χ1v) is 6.94. The number of rotatable bonds is 5. The van der Waals surface area contributed by atoms with Crippen molar-refractivity contribution in [3.63, 3.8) is 0 Å². The molecule has 114 valence electrons. The SMILES string of the molecule is CC(C)N(c1ccc(F)cc1)C1CCN(CC(=O)O)C1=O. The van der Waals surface area contributed by atoms with Crippen LogP contribution in [0.1, 0.15) is 20.3 Å². The van der Waals surface area contributed by atoms with Gasteiger partial charge in [-0.1, -0.05) is 0 Å². The Bertz CT molecular complexity index is 530. The van der Waals surface area contributed by atoms with Gasteiger partial charge >= 0.3 is 5.97 Å². The number of halogens is 1. The molecule has 6 heteroatoms. The minimum absolute atomic E-state index is 0.0502. The van der Waals surface area contributed by atoms with E-state index >= 15 is 0 Å². The molecule has 1 aromatic rings. The third-order valence-corrected chi connectivity index (χ3v) is 3.61. The predicted octanol–water partition coefficient (Wildman–Crippen LogP) is 1.73. The van der Waals surface area contributed by atoms with Crippen molar-refractivity contribution in [2.24, 2.45) is 0 Å². The molecule has 1 aliphatic heterocycles. The van der Waals surface area contributed by atoms with Gasteiger partial charge in [0.15, 0.2) is 0 Å². The highest BCUT2D eigenvalue weighted by atomic mass is 19.1. The summed E-state index contributed by atoms with van der Waals surface area (Å²) in [7, 11) is 0. The fraction of sp³-hybridized carbons (Fsp3) is 0.467. The van der Waals surface area contributed by atoms with Gasteiger partial charge in [-0.2, -0.15) is 0 Å². The Labute approximate surface area is 123 Å². The third kappa shape index (κ3) is 3.32. The molecular formula is C15H19FN2O3. The second-order valence-electron chi connectivity index (χ2n) is 5.44. The van der Waals surface area contributed by atoms with E-state index in [0.29, 0.717) is 13.0 Å². The largest absolute Gasteiger partial charge is 0.480 e. The van der Waals surface area contributed by atoms with Gasteiger partial charge in [0.2, 0.25) is 5.91 Å². The van der Waals surface area contributed by atoms with E-state index in [-0.39, 0.29) is 24.3 Å². The lowest BCUT2D eigenvalue weighted by Gasteiger charge is -2.33. The molecular weight excluding hydrogens is 275 g/mol. The second kappa shape index (κ2) is 6.11. The van der Waals surface area contributed by atoms with Crippen molar-refractivity contribution in [2.45, 2.75) is 32.4 Å². The molecule has 0 bridgehead atoms. The van der Waals surface area contributed by atoms with Crippen molar-refractivity contribution in [3.05, 3.63) is 30.1 Å². The van der Waals surface area contributed by atoms with Crippen LogP contribution in [0.25, 0.3) is 0 Å².